The highest BCUT2D eigenvalue weighted by molar-refractivity contribution is 5.54. The van der Waals surface area contributed by atoms with Gasteiger partial charge in [-0.25, -0.2) is 4.39 Å². The lowest BCUT2D eigenvalue weighted by molar-refractivity contribution is 0.342. The molecule has 0 aliphatic carbocycles. The molecule has 17 heavy (non-hydrogen) atoms. The molecule has 0 fully saturated rings. The van der Waals surface area contributed by atoms with Crippen molar-refractivity contribution < 1.29 is 13.9 Å². The zero-order valence-corrected chi connectivity index (χ0v) is 9.74. The number of rotatable bonds is 0. The van der Waals surface area contributed by atoms with Crippen molar-refractivity contribution in [1.29, 1.82) is 0 Å². The molecule has 1 aliphatic heterocycles. The third-order valence-electron chi connectivity index (χ3n) is 2.21. The third kappa shape index (κ3) is 2.09. The van der Waals surface area contributed by atoms with Gasteiger partial charge in [0.25, 0.3) is 0 Å². The van der Waals surface area contributed by atoms with Gasteiger partial charge in [0.2, 0.25) is 5.75 Å². The summed E-state index contributed by atoms with van der Waals surface area (Å²) in [7, 11) is 0. The van der Waals surface area contributed by atoms with Gasteiger partial charge >= 0.3 is 0 Å². The summed E-state index contributed by atoms with van der Waals surface area (Å²) in [4.78, 5) is 0. The summed E-state index contributed by atoms with van der Waals surface area (Å²) in [5.74, 6) is 1.29. The van der Waals surface area contributed by atoms with Crippen molar-refractivity contribution in [3.63, 3.8) is 0 Å². The molecule has 0 spiro atoms. The van der Waals surface area contributed by atoms with Gasteiger partial charge in [-0.3, -0.25) is 0 Å². The van der Waals surface area contributed by atoms with E-state index in [-0.39, 0.29) is 5.75 Å². The molecule has 0 unspecified atom stereocenters. The van der Waals surface area contributed by atoms with Crippen LogP contribution in [0.1, 0.15) is 13.8 Å². The molecular weight excluding hydrogens is 219 g/mol. The summed E-state index contributed by atoms with van der Waals surface area (Å²) in [6.45, 7) is 4.00. The number of para-hydroxylation sites is 3. The minimum atomic E-state index is -0.415. The predicted molar refractivity (Wildman–Crippen MR) is 64.3 cm³/mol. The second-order valence-electron chi connectivity index (χ2n) is 3.22. The quantitative estimate of drug-likeness (QED) is 0.556. The maximum atomic E-state index is 13.4. The summed E-state index contributed by atoms with van der Waals surface area (Å²) in [6, 6.07) is 11.8. The zero-order chi connectivity index (χ0) is 12.3. The minimum absolute atomic E-state index is 0.149. The fourth-order valence-corrected chi connectivity index (χ4v) is 1.52. The molecule has 0 amide bonds. The Morgan fingerprint density at radius 2 is 1.35 bits per heavy atom. The summed E-state index contributed by atoms with van der Waals surface area (Å²) < 4.78 is 24.3. The van der Waals surface area contributed by atoms with Crippen LogP contribution in [0, 0.1) is 5.82 Å². The SMILES string of the molecule is CC.Fc1cccc2c1Oc1ccccc1O2. The molecule has 2 aromatic rings. The average Bonchev–Trinajstić information content (AvgIpc) is 2.40. The van der Waals surface area contributed by atoms with E-state index in [9.17, 15) is 4.39 Å². The molecule has 2 nitrogen and oxygen atoms in total. The van der Waals surface area contributed by atoms with E-state index in [4.69, 9.17) is 9.47 Å². The maximum absolute atomic E-state index is 13.4. The Bertz CT molecular complexity index is 523. The van der Waals surface area contributed by atoms with Gasteiger partial charge in [0.15, 0.2) is 23.1 Å². The van der Waals surface area contributed by atoms with E-state index in [2.05, 4.69) is 0 Å². The Morgan fingerprint density at radius 3 is 2.06 bits per heavy atom. The van der Waals surface area contributed by atoms with Crippen molar-refractivity contribution in [2.75, 3.05) is 0 Å². The molecule has 88 valence electrons. The Morgan fingerprint density at radius 1 is 0.765 bits per heavy atom. The summed E-state index contributed by atoms with van der Waals surface area (Å²) in [5, 5.41) is 0. The molecule has 1 aliphatic rings. The van der Waals surface area contributed by atoms with Gasteiger partial charge in [-0.1, -0.05) is 32.0 Å². The van der Waals surface area contributed by atoms with E-state index in [1.54, 1.807) is 24.3 Å². The monoisotopic (exact) mass is 232 g/mol. The van der Waals surface area contributed by atoms with Gasteiger partial charge in [-0.2, -0.15) is 0 Å². The summed E-state index contributed by atoms with van der Waals surface area (Å²) >= 11 is 0. The second kappa shape index (κ2) is 4.87. The van der Waals surface area contributed by atoms with Crippen LogP contribution in [0.4, 0.5) is 4.39 Å². The topological polar surface area (TPSA) is 18.5 Å². The zero-order valence-electron chi connectivity index (χ0n) is 9.74. The van der Waals surface area contributed by atoms with Gasteiger partial charge in [-0.05, 0) is 24.3 Å². The first kappa shape index (κ1) is 11.5. The highest BCUT2D eigenvalue weighted by Crippen LogP contribution is 2.45. The van der Waals surface area contributed by atoms with Gasteiger partial charge < -0.3 is 9.47 Å². The molecule has 3 rings (SSSR count). The molecule has 3 heteroatoms. The van der Waals surface area contributed by atoms with Gasteiger partial charge in [0.1, 0.15) is 0 Å². The fourth-order valence-electron chi connectivity index (χ4n) is 1.52. The van der Waals surface area contributed by atoms with Crippen LogP contribution in [0.5, 0.6) is 23.0 Å². The van der Waals surface area contributed by atoms with Gasteiger partial charge in [-0.15, -0.1) is 0 Å². The first-order chi connectivity index (χ1) is 8.34. The van der Waals surface area contributed by atoms with E-state index in [1.165, 1.54) is 6.07 Å². The Kier molecular flexibility index (Phi) is 3.28. The molecule has 1 heterocycles. The maximum Gasteiger partial charge on any atom is 0.205 e. The molecule has 0 saturated heterocycles. The van der Waals surface area contributed by atoms with Crippen molar-refractivity contribution in [3.05, 3.63) is 48.3 Å². The molecule has 2 aromatic carbocycles. The predicted octanol–water partition coefficient (Wildman–Crippen LogP) is 4.75. The van der Waals surface area contributed by atoms with E-state index < -0.39 is 5.82 Å². The second-order valence-corrected chi connectivity index (χ2v) is 3.22. The van der Waals surface area contributed by atoms with Gasteiger partial charge in [0, 0.05) is 0 Å². The van der Waals surface area contributed by atoms with E-state index in [0.717, 1.165) is 0 Å². The lowest BCUT2D eigenvalue weighted by Gasteiger charge is -2.20. The first-order valence-corrected chi connectivity index (χ1v) is 5.58. The normalized spacial score (nSPS) is 11.0. The standard InChI is InChI=1S/C12H7FO2.C2H6/c13-8-4-3-7-11-12(8)15-10-6-2-1-5-9(10)14-11;1-2/h1-7H;1-2H3. The molecule has 0 saturated carbocycles. The number of ether oxygens (including phenoxy) is 2. The van der Waals surface area contributed by atoms with Crippen molar-refractivity contribution in [2.24, 2.45) is 0 Å². The molecule has 0 radical (unpaired) electrons. The highest BCUT2D eigenvalue weighted by atomic mass is 19.1. The van der Waals surface area contributed by atoms with Crippen molar-refractivity contribution >= 4 is 0 Å². The molecule has 0 N–H and O–H groups in total. The van der Waals surface area contributed by atoms with E-state index in [1.807, 2.05) is 26.0 Å². The number of hydrogen-bond acceptors (Lipinski definition) is 2. The van der Waals surface area contributed by atoms with Crippen LogP contribution in [0.25, 0.3) is 0 Å². The van der Waals surface area contributed by atoms with E-state index >= 15 is 0 Å². The van der Waals surface area contributed by atoms with Crippen molar-refractivity contribution in [1.82, 2.24) is 0 Å². The van der Waals surface area contributed by atoms with Gasteiger partial charge in [0.05, 0.1) is 0 Å². The summed E-state index contributed by atoms with van der Waals surface area (Å²) in [6.07, 6.45) is 0. The number of hydrogen-bond donors (Lipinski definition) is 0. The molecular formula is C14H13FO2. The smallest absolute Gasteiger partial charge is 0.205 e. The first-order valence-electron chi connectivity index (χ1n) is 5.58. The molecule has 0 atom stereocenters. The average molecular weight is 232 g/mol. The lowest BCUT2D eigenvalue weighted by Crippen LogP contribution is -2.00. The Balaban J connectivity index is 0.000000514. The fraction of sp³-hybridized carbons (Fsp3) is 0.143. The largest absolute Gasteiger partial charge is 0.449 e. The van der Waals surface area contributed by atoms with Crippen LogP contribution in [0.15, 0.2) is 42.5 Å². The van der Waals surface area contributed by atoms with Crippen LogP contribution >= 0.6 is 0 Å². The highest BCUT2D eigenvalue weighted by Gasteiger charge is 2.20. The van der Waals surface area contributed by atoms with Crippen LogP contribution in [0.3, 0.4) is 0 Å². The Hall–Kier alpha value is -2.03. The van der Waals surface area contributed by atoms with Crippen LogP contribution in [0.2, 0.25) is 0 Å². The number of fused-ring (bicyclic) bond motifs is 2. The molecule has 0 bridgehead atoms. The summed E-state index contributed by atoms with van der Waals surface area (Å²) in [5.41, 5.74) is 0. The third-order valence-corrected chi connectivity index (χ3v) is 2.21. The van der Waals surface area contributed by atoms with Crippen molar-refractivity contribution in [2.45, 2.75) is 13.8 Å². The van der Waals surface area contributed by atoms with Crippen LogP contribution < -0.4 is 9.47 Å². The number of benzene rings is 2. The lowest BCUT2D eigenvalue weighted by atomic mass is 10.2. The van der Waals surface area contributed by atoms with Crippen molar-refractivity contribution in [3.8, 4) is 23.0 Å². The Labute approximate surface area is 99.6 Å². The van der Waals surface area contributed by atoms with Crippen LogP contribution in [-0.4, -0.2) is 0 Å². The number of halogens is 1. The minimum Gasteiger partial charge on any atom is -0.449 e. The van der Waals surface area contributed by atoms with Crippen LogP contribution in [-0.2, 0) is 0 Å². The molecule has 0 aromatic heterocycles. The van der Waals surface area contributed by atoms with E-state index in [0.29, 0.717) is 17.2 Å².